The monoisotopic (exact) mass is 225 g/mol. The lowest BCUT2D eigenvalue weighted by atomic mass is 10.1. The maximum atomic E-state index is 13.0. The predicted molar refractivity (Wildman–Crippen MR) is 60.5 cm³/mol. The molecule has 1 saturated heterocycles. The summed E-state index contributed by atoms with van der Waals surface area (Å²) in [6.07, 6.45) is 0. The molecule has 1 heterocycles. The van der Waals surface area contributed by atoms with Crippen LogP contribution in [0.2, 0.25) is 0 Å². The second-order valence-corrected chi connectivity index (χ2v) is 3.83. The molecule has 1 fully saturated rings. The lowest BCUT2D eigenvalue weighted by Crippen LogP contribution is -2.44. The Morgan fingerprint density at radius 2 is 2.33 bits per heavy atom. The van der Waals surface area contributed by atoms with E-state index >= 15 is 0 Å². The van der Waals surface area contributed by atoms with Crippen molar-refractivity contribution in [3.8, 4) is 0 Å². The van der Waals surface area contributed by atoms with Crippen molar-refractivity contribution in [3.63, 3.8) is 0 Å². The van der Waals surface area contributed by atoms with Crippen molar-refractivity contribution >= 4 is 17.6 Å². The number of halogens is 1. The van der Waals surface area contributed by atoms with Gasteiger partial charge in [-0.25, -0.2) is 4.39 Å². The van der Waals surface area contributed by atoms with E-state index in [1.807, 2.05) is 6.07 Å². The van der Waals surface area contributed by atoms with Gasteiger partial charge in [0, 0.05) is 0 Å². The predicted octanol–water partition coefficient (Wildman–Crippen LogP) is 1.85. The van der Waals surface area contributed by atoms with E-state index in [4.69, 9.17) is 17.0 Å². The van der Waals surface area contributed by atoms with Gasteiger partial charge >= 0.3 is 0 Å². The highest BCUT2D eigenvalue weighted by Crippen LogP contribution is 2.18. The maximum Gasteiger partial charge on any atom is 0.123 e. The van der Waals surface area contributed by atoms with Gasteiger partial charge in [-0.05, 0) is 23.1 Å². The molecule has 0 spiro atoms. The number of hydrogen-bond donors (Lipinski definition) is 1. The lowest BCUT2D eigenvalue weighted by Gasteiger charge is -2.29. The third kappa shape index (κ3) is 2.59. The summed E-state index contributed by atoms with van der Waals surface area (Å²) < 4.78 is 18.4. The van der Waals surface area contributed by atoms with Gasteiger partial charge in [-0.2, -0.15) is 0 Å². The van der Waals surface area contributed by atoms with Crippen LogP contribution in [0.3, 0.4) is 0 Å². The molecule has 0 aromatic heterocycles. The van der Waals surface area contributed by atoms with Crippen molar-refractivity contribution in [2.24, 2.45) is 0 Å². The van der Waals surface area contributed by atoms with E-state index < -0.39 is 0 Å². The SMILES string of the molecule is Fc1cccc([C@@H]2COCC(C=S)N2)c1. The maximum absolute atomic E-state index is 13.0. The summed E-state index contributed by atoms with van der Waals surface area (Å²) >= 11 is 4.86. The van der Waals surface area contributed by atoms with Gasteiger partial charge in [-0.15, -0.1) is 0 Å². The van der Waals surface area contributed by atoms with Crippen molar-refractivity contribution in [2.45, 2.75) is 12.1 Å². The fraction of sp³-hybridized carbons (Fsp3) is 0.364. The Morgan fingerprint density at radius 1 is 1.47 bits per heavy atom. The van der Waals surface area contributed by atoms with Crippen LogP contribution in [0.4, 0.5) is 4.39 Å². The van der Waals surface area contributed by atoms with Crippen molar-refractivity contribution in [1.82, 2.24) is 5.32 Å². The van der Waals surface area contributed by atoms with Gasteiger partial charge in [0.05, 0.1) is 25.3 Å². The van der Waals surface area contributed by atoms with Crippen molar-refractivity contribution < 1.29 is 9.13 Å². The summed E-state index contributed by atoms with van der Waals surface area (Å²) in [5, 5.41) is 4.94. The molecule has 2 nitrogen and oxygen atoms in total. The van der Waals surface area contributed by atoms with Crippen LogP contribution in [-0.2, 0) is 4.74 Å². The minimum atomic E-state index is -0.223. The van der Waals surface area contributed by atoms with Crippen molar-refractivity contribution in [3.05, 3.63) is 35.6 Å². The zero-order valence-corrected chi connectivity index (χ0v) is 8.97. The Bertz CT molecular complexity index is 358. The second-order valence-electron chi connectivity index (χ2n) is 3.55. The molecule has 4 heteroatoms. The molecule has 0 bridgehead atoms. The standard InChI is InChI=1S/C11H12FNOS/c12-9-3-1-2-8(4-9)11-6-14-5-10(7-15)13-11/h1-4,7,10-11,13H,5-6H2/t10?,11-/m0/s1. The highest BCUT2D eigenvalue weighted by molar-refractivity contribution is 7.79. The van der Waals surface area contributed by atoms with E-state index in [1.165, 1.54) is 12.1 Å². The second kappa shape index (κ2) is 4.79. The average molecular weight is 225 g/mol. The summed E-state index contributed by atoms with van der Waals surface area (Å²) in [6.45, 7) is 1.15. The number of hydrogen-bond acceptors (Lipinski definition) is 3. The first kappa shape index (κ1) is 10.7. The average Bonchev–Trinajstić information content (AvgIpc) is 2.29. The molecule has 15 heavy (non-hydrogen) atoms. The molecule has 0 aliphatic carbocycles. The Balaban J connectivity index is 2.13. The van der Waals surface area contributed by atoms with Crippen LogP contribution in [0.15, 0.2) is 24.3 Å². The van der Waals surface area contributed by atoms with E-state index in [0.717, 1.165) is 5.56 Å². The van der Waals surface area contributed by atoms with Gasteiger partial charge in [0.1, 0.15) is 5.82 Å². The molecule has 1 N–H and O–H groups in total. The molecule has 0 saturated carbocycles. The van der Waals surface area contributed by atoms with Gasteiger partial charge in [0.15, 0.2) is 0 Å². The molecule has 1 aliphatic heterocycles. The third-order valence-electron chi connectivity index (χ3n) is 2.41. The minimum absolute atomic E-state index is 0.0265. The highest BCUT2D eigenvalue weighted by Gasteiger charge is 2.21. The normalized spacial score (nSPS) is 26.2. The fourth-order valence-electron chi connectivity index (χ4n) is 1.66. The van der Waals surface area contributed by atoms with Gasteiger partial charge in [-0.1, -0.05) is 24.4 Å². The van der Waals surface area contributed by atoms with E-state index in [2.05, 4.69) is 5.32 Å². The number of thiocarbonyl (C=S) groups is 1. The Morgan fingerprint density at radius 3 is 3.07 bits per heavy atom. The summed E-state index contributed by atoms with van der Waals surface area (Å²) in [4.78, 5) is 0. The van der Waals surface area contributed by atoms with Crippen LogP contribution in [0, 0.1) is 5.82 Å². The van der Waals surface area contributed by atoms with Gasteiger partial charge in [0.2, 0.25) is 0 Å². The Kier molecular flexibility index (Phi) is 3.41. The molecular formula is C11H12FNOS. The molecule has 1 aromatic rings. The number of rotatable bonds is 2. The summed E-state index contributed by atoms with van der Waals surface area (Å²) in [6, 6.07) is 6.64. The summed E-state index contributed by atoms with van der Waals surface area (Å²) in [5.74, 6) is -0.223. The quantitative estimate of drug-likeness (QED) is 0.776. The Labute approximate surface area is 93.4 Å². The largest absolute Gasteiger partial charge is 0.377 e. The van der Waals surface area contributed by atoms with Crippen LogP contribution in [0.5, 0.6) is 0 Å². The van der Waals surface area contributed by atoms with Crippen molar-refractivity contribution in [1.29, 1.82) is 0 Å². The molecule has 0 radical (unpaired) electrons. The first-order chi connectivity index (χ1) is 7.29. The van der Waals surface area contributed by atoms with Crippen LogP contribution in [0.25, 0.3) is 0 Å². The minimum Gasteiger partial charge on any atom is -0.377 e. The first-order valence-electron chi connectivity index (χ1n) is 4.84. The van der Waals surface area contributed by atoms with Gasteiger partial charge in [0.25, 0.3) is 0 Å². The molecule has 80 valence electrons. The van der Waals surface area contributed by atoms with Crippen LogP contribution >= 0.6 is 12.2 Å². The molecule has 0 amide bonds. The fourth-order valence-corrected chi connectivity index (χ4v) is 1.82. The summed E-state index contributed by atoms with van der Waals surface area (Å²) in [7, 11) is 0. The third-order valence-corrected chi connectivity index (χ3v) is 2.74. The van der Waals surface area contributed by atoms with Crippen LogP contribution in [-0.4, -0.2) is 24.6 Å². The molecule has 1 aliphatic rings. The molecule has 1 aromatic carbocycles. The lowest BCUT2D eigenvalue weighted by molar-refractivity contribution is 0.0642. The topological polar surface area (TPSA) is 21.3 Å². The molecule has 2 rings (SSSR count). The number of benzene rings is 1. The van der Waals surface area contributed by atoms with Gasteiger partial charge < -0.3 is 4.74 Å². The smallest absolute Gasteiger partial charge is 0.123 e. The van der Waals surface area contributed by atoms with Crippen molar-refractivity contribution in [2.75, 3.05) is 13.2 Å². The van der Waals surface area contributed by atoms with E-state index in [0.29, 0.717) is 13.2 Å². The zero-order chi connectivity index (χ0) is 10.7. The van der Waals surface area contributed by atoms with E-state index in [1.54, 1.807) is 11.4 Å². The van der Waals surface area contributed by atoms with E-state index in [9.17, 15) is 4.39 Å². The summed E-state index contributed by atoms with van der Waals surface area (Å²) in [5.41, 5.74) is 0.900. The van der Waals surface area contributed by atoms with Crippen LogP contribution in [0.1, 0.15) is 11.6 Å². The van der Waals surface area contributed by atoms with Crippen LogP contribution < -0.4 is 5.32 Å². The number of nitrogens with one attached hydrogen (secondary N) is 1. The molecule has 1 unspecified atom stereocenters. The highest BCUT2D eigenvalue weighted by atomic mass is 32.1. The Hall–Kier alpha value is -0.840. The van der Waals surface area contributed by atoms with Gasteiger partial charge in [-0.3, -0.25) is 5.32 Å². The molecular weight excluding hydrogens is 213 g/mol. The van der Waals surface area contributed by atoms with E-state index in [-0.39, 0.29) is 17.9 Å². The zero-order valence-electron chi connectivity index (χ0n) is 8.15. The first-order valence-corrected chi connectivity index (χ1v) is 5.31. The number of ether oxygens (including phenoxy) is 1. The number of morpholine rings is 1. The molecule has 2 atom stereocenters.